The molecule has 2 aromatic carbocycles. The molecule has 2 aromatic heterocycles. The van der Waals surface area contributed by atoms with E-state index in [1.165, 1.54) is 37.7 Å². The van der Waals surface area contributed by atoms with Crippen LogP contribution in [-0.2, 0) is 30.3 Å². The van der Waals surface area contributed by atoms with E-state index >= 15 is 0 Å². The fourth-order valence-electron chi connectivity index (χ4n) is 4.35. The molecule has 4 amide bonds. The van der Waals surface area contributed by atoms with E-state index in [0.29, 0.717) is 23.6 Å². The van der Waals surface area contributed by atoms with Crippen molar-refractivity contribution in [2.24, 2.45) is 0 Å². The largest absolute Gasteiger partial charge is 0.453 e. The molecule has 5 rings (SSSR count). The fourth-order valence-corrected chi connectivity index (χ4v) is 5.42. The van der Waals surface area contributed by atoms with Crippen molar-refractivity contribution < 1.29 is 37.7 Å². The number of ether oxygens (including phenoxy) is 4. The molecule has 0 saturated heterocycles. The van der Waals surface area contributed by atoms with E-state index < -0.39 is 17.6 Å². The van der Waals surface area contributed by atoms with Gasteiger partial charge in [0.05, 0.1) is 30.0 Å². The van der Waals surface area contributed by atoms with Gasteiger partial charge in [-0.15, -0.1) is 11.3 Å². The number of nitrogens with one attached hydrogen (secondary N) is 2. The summed E-state index contributed by atoms with van der Waals surface area (Å²) in [6.07, 6.45) is 3.50. The number of thiophene rings is 1. The first kappa shape index (κ1) is 32.0. The maximum absolute atomic E-state index is 14.9. The number of halogens is 1. The van der Waals surface area contributed by atoms with Gasteiger partial charge in [0.25, 0.3) is 11.8 Å². The Morgan fingerprint density at radius 3 is 2.44 bits per heavy atom. The topological polar surface area (TPSA) is 128 Å². The number of fused-ring (bicyclic) bond motifs is 1. The monoisotopic (exact) mass is 636 g/mol. The molecule has 4 aromatic rings. The van der Waals surface area contributed by atoms with Crippen LogP contribution in [0.2, 0.25) is 0 Å². The highest BCUT2D eigenvalue weighted by Gasteiger charge is 2.24. The summed E-state index contributed by atoms with van der Waals surface area (Å²) >= 11 is 1.44. The Morgan fingerprint density at radius 1 is 0.956 bits per heavy atom. The van der Waals surface area contributed by atoms with Gasteiger partial charge in [-0.1, -0.05) is 24.3 Å². The van der Waals surface area contributed by atoms with Gasteiger partial charge < -0.3 is 29.6 Å². The van der Waals surface area contributed by atoms with Crippen LogP contribution in [0, 0.1) is 5.82 Å². The minimum atomic E-state index is -0.616. The third kappa shape index (κ3) is 8.60. The highest BCUT2D eigenvalue weighted by Crippen LogP contribution is 2.40. The first-order valence-electron chi connectivity index (χ1n) is 14.3. The standard InChI is InChI=1S/C32H33FN4O7S/c1-41-13-14-43-19-30(39)37(29(38)18-42-2)17-20-3-5-21(6-4-20)28-16-25-31(45-28)27(11-12-34-25)44-26-10-9-23(15-24(26)33)36-32(40)35-22-7-8-22/h3-6,9-12,15-16,22H,7-8,13-14,17-19H2,1-2H3,(H2,35,36,40). The SMILES string of the molecule is COCCOCC(=O)N(Cc1ccc(-c2cc3nccc(Oc4ccc(NC(=O)NC5CC5)cc4F)c3s2)cc1)C(=O)COC. The molecule has 2 heterocycles. The van der Waals surface area contributed by atoms with Crippen molar-refractivity contribution in [3.8, 4) is 21.9 Å². The molecule has 2 N–H and O–H groups in total. The molecule has 1 aliphatic carbocycles. The van der Waals surface area contributed by atoms with Gasteiger partial charge in [0, 0.05) is 49.2 Å². The maximum Gasteiger partial charge on any atom is 0.319 e. The van der Waals surface area contributed by atoms with Crippen LogP contribution in [0.3, 0.4) is 0 Å². The minimum absolute atomic E-state index is 0.0150. The average molecular weight is 637 g/mol. The van der Waals surface area contributed by atoms with E-state index in [1.807, 2.05) is 30.3 Å². The summed E-state index contributed by atoms with van der Waals surface area (Å²) in [6, 6.07) is 15.1. The Morgan fingerprint density at radius 2 is 1.73 bits per heavy atom. The first-order chi connectivity index (χ1) is 21.8. The lowest BCUT2D eigenvalue weighted by Crippen LogP contribution is -2.40. The number of carbonyl (C=O) groups is 3. The lowest BCUT2D eigenvalue weighted by molar-refractivity contribution is -0.151. The van der Waals surface area contributed by atoms with Crippen LogP contribution in [0.5, 0.6) is 11.5 Å². The Hall–Kier alpha value is -4.43. The summed E-state index contributed by atoms with van der Waals surface area (Å²) in [7, 11) is 2.92. The Labute approximate surface area is 263 Å². The summed E-state index contributed by atoms with van der Waals surface area (Å²) in [5, 5.41) is 5.43. The third-order valence-corrected chi connectivity index (χ3v) is 7.99. The maximum atomic E-state index is 14.9. The molecule has 236 valence electrons. The van der Waals surface area contributed by atoms with Gasteiger partial charge in [0.2, 0.25) is 0 Å². The Kier molecular flexibility index (Phi) is 10.7. The number of carbonyl (C=O) groups excluding carboxylic acids is 3. The molecule has 0 spiro atoms. The summed E-state index contributed by atoms with van der Waals surface area (Å²) in [4.78, 5) is 43.8. The van der Waals surface area contributed by atoms with E-state index in [1.54, 1.807) is 18.3 Å². The van der Waals surface area contributed by atoms with Crippen LogP contribution < -0.4 is 15.4 Å². The third-order valence-electron chi connectivity index (χ3n) is 6.80. The van der Waals surface area contributed by atoms with Gasteiger partial charge in [-0.05, 0) is 42.2 Å². The number of hydrogen-bond acceptors (Lipinski definition) is 9. The zero-order valence-electron chi connectivity index (χ0n) is 24.8. The zero-order chi connectivity index (χ0) is 31.8. The smallest absolute Gasteiger partial charge is 0.319 e. The van der Waals surface area contributed by atoms with E-state index in [9.17, 15) is 18.8 Å². The van der Waals surface area contributed by atoms with Crippen LogP contribution in [0.4, 0.5) is 14.9 Å². The number of methoxy groups -OCH3 is 2. The number of urea groups is 1. The highest BCUT2D eigenvalue weighted by molar-refractivity contribution is 7.22. The Balaban J connectivity index is 1.27. The van der Waals surface area contributed by atoms with Crippen molar-refractivity contribution in [1.29, 1.82) is 0 Å². The van der Waals surface area contributed by atoms with E-state index in [2.05, 4.69) is 15.6 Å². The van der Waals surface area contributed by atoms with Crippen molar-refractivity contribution in [2.45, 2.75) is 25.4 Å². The predicted molar refractivity (Wildman–Crippen MR) is 167 cm³/mol. The number of hydrogen-bond donors (Lipinski definition) is 2. The average Bonchev–Trinajstić information content (AvgIpc) is 3.73. The van der Waals surface area contributed by atoms with Crippen molar-refractivity contribution >= 4 is 45.1 Å². The minimum Gasteiger partial charge on any atom is -0.453 e. The van der Waals surface area contributed by atoms with Gasteiger partial charge in [0.15, 0.2) is 11.6 Å². The normalized spacial score (nSPS) is 12.6. The highest BCUT2D eigenvalue weighted by atomic mass is 32.1. The number of benzene rings is 2. The molecule has 13 heteroatoms. The molecule has 1 fully saturated rings. The number of nitrogens with zero attached hydrogens (tertiary/aromatic N) is 2. The quantitative estimate of drug-likeness (QED) is 0.178. The van der Waals surface area contributed by atoms with Gasteiger partial charge >= 0.3 is 6.03 Å². The number of amides is 4. The molecule has 0 bridgehead atoms. The molecule has 1 saturated carbocycles. The molecule has 0 aliphatic heterocycles. The lowest BCUT2D eigenvalue weighted by Gasteiger charge is -2.21. The second kappa shape index (κ2) is 15.0. The molecule has 45 heavy (non-hydrogen) atoms. The number of pyridine rings is 1. The molecular formula is C32H33FN4O7S. The van der Waals surface area contributed by atoms with Crippen molar-refractivity contribution in [3.63, 3.8) is 0 Å². The van der Waals surface area contributed by atoms with Gasteiger partial charge in [-0.3, -0.25) is 19.5 Å². The molecule has 1 aliphatic rings. The summed E-state index contributed by atoms with van der Waals surface area (Å²) in [5.74, 6) is -1.10. The summed E-state index contributed by atoms with van der Waals surface area (Å²) < 4.78 is 36.8. The van der Waals surface area contributed by atoms with Crippen LogP contribution in [0.25, 0.3) is 20.7 Å². The summed E-state index contributed by atoms with van der Waals surface area (Å²) in [6.45, 7) is 0.151. The van der Waals surface area contributed by atoms with E-state index in [4.69, 9.17) is 18.9 Å². The number of anilines is 1. The molecule has 0 radical (unpaired) electrons. The summed E-state index contributed by atoms with van der Waals surface area (Å²) in [5.41, 5.74) is 2.64. The second-order valence-electron chi connectivity index (χ2n) is 10.3. The van der Waals surface area contributed by atoms with E-state index in [0.717, 1.165) is 38.4 Å². The molecular weight excluding hydrogens is 603 g/mol. The van der Waals surface area contributed by atoms with Gasteiger partial charge in [0.1, 0.15) is 19.0 Å². The van der Waals surface area contributed by atoms with Crippen LogP contribution in [0.15, 0.2) is 60.8 Å². The van der Waals surface area contributed by atoms with Gasteiger partial charge in [-0.25, -0.2) is 9.18 Å². The van der Waals surface area contributed by atoms with Gasteiger partial charge in [-0.2, -0.15) is 0 Å². The zero-order valence-corrected chi connectivity index (χ0v) is 25.7. The first-order valence-corrected chi connectivity index (χ1v) is 15.1. The number of imide groups is 1. The van der Waals surface area contributed by atoms with Crippen LogP contribution in [-0.4, -0.2) is 74.4 Å². The van der Waals surface area contributed by atoms with Crippen molar-refractivity contribution in [2.75, 3.05) is 46.0 Å². The number of rotatable bonds is 14. The molecule has 0 unspecified atom stereocenters. The fraction of sp³-hybridized carbons (Fsp3) is 0.312. The van der Waals surface area contributed by atoms with Crippen LogP contribution >= 0.6 is 11.3 Å². The van der Waals surface area contributed by atoms with Crippen molar-refractivity contribution in [3.05, 3.63) is 72.2 Å². The lowest BCUT2D eigenvalue weighted by atomic mass is 10.1. The molecule has 11 nitrogen and oxygen atoms in total. The predicted octanol–water partition coefficient (Wildman–Crippen LogP) is 5.34. The van der Waals surface area contributed by atoms with Crippen molar-refractivity contribution in [1.82, 2.24) is 15.2 Å². The van der Waals surface area contributed by atoms with Crippen LogP contribution in [0.1, 0.15) is 18.4 Å². The second-order valence-corrected chi connectivity index (χ2v) is 11.4. The van der Waals surface area contributed by atoms with E-state index in [-0.39, 0.29) is 44.2 Å². The Bertz CT molecular complexity index is 1660. The number of aromatic nitrogens is 1. The molecule has 0 atom stereocenters.